The van der Waals surface area contributed by atoms with Crippen LogP contribution in [0.3, 0.4) is 0 Å². The lowest BCUT2D eigenvalue weighted by atomic mass is 9.89. The van der Waals surface area contributed by atoms with Gasteiger partial charge in [0.2, 0.25) is 11.8 Å². The van der Waals surface area contributed by atoms with Gasteiger partial charge in [-0.1, -0.05) is 13.0 Å². The van der Waals surface area contributed by atoms with Gasteiger partial charge in [-0.05, 0) is 24.2 Å². The van der Waals surface area contributed by atoms with Crippen molar-refractivity contribution in [1.82, 2.24) is 10.6 Å². The van der Waals surface area contributed by atoms with Crippen molar-refractivity contribution in [3.63, 3.8) is 0 Å². The Kier molecular flexibility index (Phi) is 4.68. The number of amides is 2. The first-order valence-electron chi connectivity index (χ1n) is 6.69. The monoisotopic (exact) mass is 279 g/mol. The Bertz CT molecular complexity index is 519. The van der Waals surface area contributed by atoms with E-state index in [1.807, 2.05) is 6.92 Å². The van der Waals surface area contributed by atoms with Gasteiger partial charge in [0.05, 0.1) is 5.92 Å². The number of fused-ring (bicyclic) bond motifs is 1. The molecule has 0 aliphatic carbocycles. The van der Waals surface area contributed by atoms with Gasteiger partial charge in [0.25, 0.3) is 0 Å². The molecule has 0 aromatic heterocycles. The van der Waals surface area contributed by atoms with Crippen LogP contribution < -0.4 is 16.0 Å². The van der Waals surface area contributed by atoms with Gasteiger partial charge < -0.3 is 16.0 Å². The second-order valence-electron chi connectivity index (χ2n) is 4.68. The van der Waals surface area contributed by atoms with Gasteiger partial charge >= 0.3 is 0 Å². The van der Waals surface area contributed by atoms with E-state index < -0.39 is 11.7 Å². The van der Waals surface area contributed by atoms with E-state index in [0.717, 1.165) is 6.54 Å². The Morgan fingerprint density at radius 3 is 3.00 bits per heavy atom. The molecule has 5 nitrogen and oxygen atoms in total. The van der Waals surface area contributed by atoms with Gasteiger partial charge in [0, 0.05) is 25.2 Å². The van der Waals surface area contributed by atoms with E-state index in [-0.39, 0.29) is 18.2 Å². The van der Waals surface area contributed by atoms with Crippen LogP contribution in [0.5, 0.6) is 0 Å². The highest BCUT2D eigenvalue weighted by atomic mass is 19.1. The number of benzene rings is 1. The number of hydrogen-bond acceptors (Lipinski definition) is 3. The molecule has 6 heteroatoms. The highest BCUT2D eigenvalue weighted by Crippen LogP contribution is 2.32. The molecule has 2 amide bonds. The molecule has 1 aliphatic rings. The highest BCUT2D eigenvalue weighted by molar-refractivity contribution is 6.01. The zero-order valence-electron chi connectivity index (χ0n) is 11.3. The van der Waals surface area contributed by atoms with E-state index >= 15 is 0 Å². The predicted molar refractivity (Wildman–Crippen MR) is 73.9 cm³/mol. The summed E-state index contributed by atoms with van der Waals surface area (Å²) in [5.41, 5.74) is 1.04. The Morgan fingerprint density at radius 2 is 2.25 bits per heavy atom. The molecule has 1 atom stereocenters. The summed E-state index contributed by atoms with van der Waals surface area (Å²) in [7, 11) is 0. The van der Waals surface area contributed by atoms with Gasteiger partial charge in [0.15, 0.2) is 0 Å². The minimum absolute atomic E-state index is 0.0890. The second-order valence-corrected chi connectivity index (χ2v) is 4.68. The van der Waals surface area contributed by atoms with Gasteiger partial charge in [0.1, 0.15) is 5.82 Å². The molecule has 1 aromatic carbocycles. The van der Waals surface area contributed by atoms with Crippen LogP contribution in [0.1, 0.15) is 24.8 Å². The van der Waals surface area contributed by atoms with Crippen LogP contribution in [-0.4, -0.2) is 31.4 Å². The first-order chi connectivity index (χ1) is 9.61. The Morgan fingerprint density at radius 1 is 1.45 bits per heavy atom. The van der Waals surface area contributed by atoms with E-state index in [4.69, 9.17) is 0 Å². The first-order valence-corrected chi connectivity index (χ1v) is 6.69. The van der Waals surface area contributed by atoms with E-state index in [1.165, 1.54) is 12.1 Å². The fourth-order valence-corrected chi connectivity index (χ4v) is 2.25. The molecule has 20 heavy (non-hydrogen) atoms. The van der Waals surface area contributed by atoms with Crippen LogP contribution in [0.15, 0.2) is 18.2 Å². The maximum atomic E-state index is 13.2. The van der Waals surface area contributed by atoms with Crippen LogP contribution in [0.2, 0.25) is 0 Å². The van der Waals surface area contributed by atoms with Crippen molar-refractivity contribution < 1.29 is 14.0 Å². The van der Waals surface area contributed by atoms with Crippen molar-refractivity contribution in [2.45, 2.75) is 19.3 Å². The smallest absolute Gasteiger partial charge is 0.228 e. The molecule has 1 aromatic rings. The molecular weight excluding hydrogens is 261 g/mol. The van der Waals surface area contributed by atoms with Crippen LogP contribution in [-0.2, 0) is 9.59 Å². The van der Waals surface area contributed by atoms with E-state index in [0.29, 0.717) is 24.3 Å². The minimum Gasteiger partial charge on any atom is -0.354 e. The largest absolute Gasteiger partial charge is 0.354 e. The molecule has 0 saturated heterocycles. The van der Waals surface area contributed by atoms with E-state index in [2.05, 4.69) is 16.0 Å². The van der Waals surface area contributed by atoms with Crippen LogP contribution in [0, 0.1) is 5.82 Å². The van der Waals surface area contributed by atoms with Crippen LogP contribution >= 0.6 is 0 Å². The van der Waals surface area contributed by atoms with Crippen molar-refractivity contribution in [3.05, 3.63) is 29.6 Å². The molecule has 1 heterocycles. The number of nitrogens with one attached hydrogen (secondary N) is 3. The number of anilines is 1. The van der Waals surface area contributed by atoms with E-state index in [1.54, 1.807) is 6.07 Å². The van der Waals surface area contributed by atoms with Gasteiger partial charge in [-0.3, -0.25) is 9.59 Å². The summed E-state index contributed by atoms with van der Waals surface area (Å²) in [6.45, 7) is 4.00. The van der Waals surface area contributed by atoms with E-state index in [9.17, 15) is 14.0 Å². The third-order valence-electron chi connectivity index (χ3n) is 3.22. The molecule has 1 aliphatic heterocycles. The maximum Gasteiger partial charge on any atom is 0.228 e. The van der Waals surface area contributed by atoms with Crippen molar-refractivity contribution in [2.75, 3.05) is 25.0 Å². The van der Waals surface area contributed by atoms with Gasteiger partial charge in [-0.25, -0.2) is 4.39 Å². The first kappa shape index (κ1) is 14.5. The quantitative estimate of drug-likeness (QED) is 0.704. The maximum absolute atomic E-state index is 13.2. The summed E-state index contributed by atoms with van der Waals surface area (Å²) in [5.74, 6) is -1.46. The fraction of sp³-hybridized carbons (Fsp3) is 0.429. The molecule has 0 bridgehead atoms. The molecule has 0 radical (unpaired) electrons. The molecule has 2 rings (SSSR count). The number of hydrogen-bond donors (Lipinski definition) is 3. The summed E-state index contributed by atoms with van der Waals surface area (Å²) in [5, 5.41) is 8.48. The number of halogens is 1. The average Bonchev–Trinajstić information content (AvgIpc) is 2.42. The topological polar surface area (TPSA) is 70.2 Å². The van der Waals surface area contributed by atoms with Crippen molar-refractivity contribution in [2.24, 2.45) is 0 Å². The molecule has 1 unspecified atom stereocenters. The molecule has 0 fully saturated rings. The lowest BCUT2D eigenvalue weighted by Crippen LogP contribution is -2.38. The standard InChI is InChI=1S/C14H18FN3O2/c1-2-16-5-6-17-14(20)11-8-13(19)18-12-7-9(15)3-4-10(11)12/h3-4,7,11,16H,2,5-6,8H2,1H3,(H,17,20)(H,18,19). The van der Waals surface area contributed by atoms with Crippen molar-refractivity contribution >= 4 is 17.5 Å². The number of carbonyl (C=O) groups is 2. The number of likely N-dealkylation sites (N-methyl/N-ethyl adjacent to an activating group) is 1. The lowest BCUT2D eigenvalue weighted by molar-refractivity contribution is -0.126. The van der Waals surface area contributed by atoms with Gasteiger partial charge in [-0.15, -0.1) is 0 Å². The number of rotatable bonds is 5. The Labute approximate surface area is 116 Å². The SMILES string of the molecule is CCNCCNC(=O)C1CC(=O)Nc2cc(F)ccc21. The minimum atomic E-state index is -0.555. The fourth-order valence-electron chi connectivity index (χ4n) is 2.25. The zero-order valence-corrected chi connectivity index (χ0v) is 11.3. The van der Waals surface area contributed by atoms with Crippen molar-refractivity contribution in [3.8, 4) is 0 Å². The summed E-state index contributed by atoms with van der Waals surface area (Å²) in [6.07, 6.45) is 0.0890. The highest BCUT2D eigenvalue weighted by Gasteiger charge is 2.30. The number of carbonyl (C=O) groups excluding carboxylic acids is 2. The Balaban J connectivity index is 2.08. The summed E-state index contributed by atoms with van der Waals surface area (Å²) >= 11 is 0. The summed E-state index contributed by atoms with van der Waals surface area (Å²) in [4.78, 5) is 23.7. The molecular formula is C14H18FN3O2. The summed E-state index contributed by atoms with van der Waals surface area (Å²) < 4.78 is 13.2. The van der Waals surface area contributed by atoms with Crippen LogP contribution in [0.4, 0.5) is 10.1 Å². The molecule has 0 spiro atoms. The zero-order chi connectivity index (χ0) is 14.5. The van der Waals surface area contributed by atoms with Crippen molar-refractivity contribution in [1.29, 1.82) is 0 Å². The second kappa shape index (κ2) is 6.47. The molecule has 3 N–H and O–H groups in total. The predicted octanol–water partition coefficient (Wildman–Crippen LogP) is 0.977. The Hall–Kier alpha value is -1.95. The third kappa shape index (κ3) is 3.33. The van der Waals surface area contributed by atoms with Crippen LogP contribution in [0.25, 0.3) is 0 Å². The summed E-state index contributed by atoms with van der Waals surface area (Å²) in [6, 6.07) is 4.10. The lowest BCUT2D eigenvalue weighted by Gasteiger charge is -2.24. The average molecular weight is 279 g/mol. The molecule has 0 saturated carbocycles. The molecule has 108 valence electrons. The van der Waals surface area contributed by atoms with Gasteiger partial charge in [-0.2, -0.15) is 0 Å². The third-order valence-corrected chi connectivity index (χ3v) is 3.22. The normalized spacial score (nSPS) is 17.3.